The fourth-order valence-corrected chi connectivity index (χ4v) is 5.73. The van der Waals surface area contributed by atoms with Gasteiger partial charge in [-0.15, -0.1) is 11.8 Å². The topological polar surface area (TPSA) is 42.0 Å². The van der Waals surface area contributed by atoms with Crippen LogP contribution in [0.15, 0.2) is 47.4 Å². The zero-order valence-electron chi connectivity index (χ0n) is 19.5. The first-order valence-corrected chi connectivity index (χ1v) is 13.2. The summed E-state index contributed by atoms with van der Waals surface area (Å²) in [7, 11) is 3.91. The lowest BCUT2D eigenvalue weighted by atomic mass is 10.1. The van der Waals surface area contributed by atoms with Gasteiger partial charge in [0.1, 0.15) is 5.75 Å². The van der Waals surface area contributed by atoms with E-state index < -0.39 is 0 Å². The van der Waals surface area contributed by atoms with Crippen LogP contribution in [0.2, 0.25) is 0 Å². The normalized spacial score (nSPS) is 16.4. The van der Waals surface area contributed by atoms with Gasteiger partial charge in [-0.25, -0.2) is 4.31 Å². The second-order valence-electron chi connectivity index (χ2n) is 7.81. The summed E-state index contributed by atoms with van der Waals surface area (Å²) in [6.45, 7) is 5.43. The van der Waals surface area contributed by atoms with Crippen LogP contribution in [0.25, 0.3) is 0 Å². The number of nitrogens with zero attached hydrogens (tertiary/aromatic N) is 2. The van der Waals surface area contributed by atoms with E-state index in [1.165, 1.54) is 29.1 Å². The summed E-state index contributed by atoms with van der Waals surface area (Å²) in [6.07, 6.45) is 3.58. The molecule has 1 atom stereocenters. The van der Waals surface area contributed by atoms with Crippen molar-refractivity contribution in [1.82, 2.24) is 4.31 Å². The third-order valence-electron chi connectivity index (χ3n) is 5.54. The van der Waals surface area contributed by atoms with Crippen LogP contribution in [-0.4, -0.2) is 49.4 Å². The summed E-state index contributed by atoms with van der Waals surface area (Å²) in [6, 6.07) is 15.4. The minimum absolute atomic E-state index is 0.172. The molecule has 7 heteroatoms. The monoisotopic (exact) mass is 474 g/mol. The number of anilines is 2. The van der Waals surface area contributed by atoms with Gasteiger partial charge in [0.15, 0.2) is 0 Å². The van der Waals surface area contributed by atoms with Crippen molar-refractivity contribution in [3.8, 4) is 5.75 Å². The van der Waals surface area contributed by atoms with Crippen molar-refractivity contribution in [3.63, 3.8) is 0 Å². The summed E-state index contributed by atoms with van der Waals surface area (Å²) in [5.74, 6) is 1.73. The predicted octanol–water partition coefficient (Wildman–Crippen LogP) is 6.14. The third-order valence-corrected chi connectivity index (χ3v) is 7.61. The molecule has 1 aliphatic rings. The highest BCUT2D eigenvalue weighted by Gasteiger charge is 2.28. The number of ether oxygens (including phenoxy) is 2. The van der Waals surface area contributed by atoms with Crippen molar-refractivity contribution in [2.75, 3.05) is 38.0 Å². The van der Waals surface area contributed by atoms with E-state index in [9.17, 15) is 4.79 Å². The van der Waals surface area contributed by atoms with Crippen LogP contribution in [0.1, 0.15) is 38.7 Å². The minimum Gasteiger partial charge on any atom is -0.496 e. The lowest BCUT2D eigenvalue weighted by Crippen LogP contribution is -2.35. The van der Waals surface area contributed by atoms with Crippen LogP contribution in [0.3, 0.4) is 0 Å². The standard InChI is InChI=1S/C25H34N2O3S2/c1-5-7-11-21-16-27(20-12-9-8-10-13-20)22-15-23(29-4)19(14-24(22)32-26(21)3)17-31-18-25(28)30-6-2/h8-10,12-15,21H,5-7,11,16-18H2,1-4H3. The maximum absolute atomic E-state index is 11.7. The van der Waals surface area contributed by atoms with Gasteiger partial charge in [-0.2, -0.15) is 0 Å². The third kappa shape index (κ3) is 6.36. The summed E-state index contributed by atoms with van der Waals surface area (Å²) < 4.78 is 13.2. The summed E-state index contributed by atoms with van der Waals surface area (Å²) >= 11 is 3.36. The Kier molecular flexibility index (Phi) is 9.63. The van der Waals surface area contributed by atoms with Gasteiger partial charge in [-0.3, -0.25) is 4.79 Å². The van der Waals surface area contributed by atoms with Crippen LogP contribution >= 0.6 is 23.7 Å². The van der Waals surface area contributed by atoms with Gasteiger partial charge in [0.05, 0.1) is 25.2 Å². The molecule has 0 fully saturated rings. The van der Waals surface area contributed by atoms with Gasteiger partial charge in [-0.05, 0) is 50.5 Å². The first-order valence-electron chi connectivity index (χ1n) is 11.2. The second-order valence-corrected chi connectivity index (χ2v) is 9.99. The molecular weight excluding hydrogens is 440 g/mol. The molecule has 0 radical (unpaired) electrons. The highest BCUT2D eigenvalue weighted by Crippen LogP contribution is 2.44. The maximum atomic E-state index is 11.7. The second kappa shape index (κ2) is 12.4. The molecule has 0 N–H and O–H groups in total. The molecule has 1 heterocycles. The van der Waals surface area contributed by atoms with Crippen LogP contribution in [0.5, 0.6) is 5.75 Å². The molecule has 3 rings (SSSR count). The molecule has 0 aliphatic carbocycles. The van der Waals surface area contributed by atoms with Crippen molar-refractivity contribution in [3.05, 3.63) is 48.0 Å². The molecule has 32 heavy (non-hydrogen) atoms. The molecule has 0 amide bonds. The van der Waals surface area contributed by atoms with Crippen LogP contribution < -0.4 is 9.64 Å². The van der Waals surface area contributed by atoms with E-state index >= 15 is 0 Å². The molecule has 1 unspecified atom stereocenters. The maximum Gasteiger partial charge on any atom is 0.315 e. The largest absolute Gasteiger partial charge is 0.496 e. The molecule has 2 aromatic rings. The van der Waals surface area contributed by atoms with Crippen molar-refractivity contribution >= 4 is 41.1 Å². The Bertz CT molecular complexity index is 879. The molecule has 174 valence electrons. The number of carbonyl (C=O) groups is 1. The Morgan fingerprint density at radius 3 is 2.69 bits per heavy atom. The molecular formula is C25H34N2O3S2. The summed E-state index contributed by atoms with van der Waals surface area (Å²) in [4.78, 5) is 15.4. The Labute approximate surface area is 201 Å². The number of carbonyl (C=O) groups excluding carboxylic acids is 1. The molecule has 0 bridgehead atoms. The number of hydrogen-bond donors (Lipinski definition) is 0. The van der Waals surface area contributed by atoms with Crippen molar-refractivity contribution in [2.45, 2.75) is 49.8 Å². The Hall–Kier alpha value is -1.83. The average Bonchev–Trinajstić information content (AvgIpc) is 2.93. The predicted molar refractivity (Wildman–Crippen MR) is 136 cm³/mol. The number of likely N-dealkylation sites (N-methyl/N-ethyl adjacent to an activating group) is 1. The number of rotatable bonds is 10. The van der Waals surface area contributed by atoms with Crippen LogP contribution in [-0.2, 0) is 15.3 Å². The van der Waals surface area contributed by atoms with Crippen molar-refractivity contribution in [2.24, 2.45) is 0 Å². The van der Waals surface area contributed by atoms with E-state index in [-0.39, 0.29) is 5.97 Å². The number of benzene rings is 2. The molecule has 0 saturated carbocycles. The first-order chi connectivity index (χ1) is 15.6. The highest BCUT2D eigenvalue weighted by molar-refractivity contribution is 7.99. The van der Waals surface area contributed by atoms with E-state index in [1.54, 1.807) is 30.8 Å². The Morgan fingerprint density at radius 1 is 1.22 bits per heavy atom. The zero-order valence-corrected chi connectivity index (χ0v) is 21.1. The highest BCUT2D eigenvalue weighted by atomic mass is 32.2. The molecule has 2 aromatic carbocycles. The van der Waals surface area contributed by atoms with E-state index in [2.05, 4.69) is 65.6 Å². The van der Waals surface area contributed by atoms with E-state index in [0.29, 0.717) is 24.2 Å². The first kappa shape index (κ1) is 24.8. The number of esters is 1. The van der Waals surface area contributed by atoms with Gasteiger partial charge in [0, 0.05) is 40.6 Å². The molecule has 0 spiro atoms. The summed E-state index contributed by atoms with van der Waals surface area (Å²) in [5, 5.41) is 0. The van der Waals surface area contributed by atoms with Gasteiger partial charge >= 0.3 is 5.97 Å². The fraction of sp³-hybridized carbons (Fsp3) is 0.480. The molecule has 0 aromatic heterocycles. The fourth-order valence-electron chi connectivity index (χ4n) is 3.84. The van der Waals surface area contributed by atoms with Gasteiger partial charge < -0.3 is 14.4 Å². The van der Waals surface area contributed by atoms with Crippen LogP contribution in [0.4, 0.5) is 11.4 Å². The number of methoxy groups -OCH3 is 1. The number of unbranched alkanes of at least 4 members (excludes halogenated alkanes) is 1. The number of hydrogen-bond acceptors (Lipinski definition) is 7. The number of thioether (sulfide) groups is 1. The van der Waals surface area contributed by atoms with E-state index in [0.717, 1.165) is 24.3 Å². The molecule has 0 saturated heterocycles. The Morgan fingerprint density at radius 2 is 2.00 bits per heavy atom. The smallest absolute Gasteiger partial charge is 0.315 e. The van der Waals surface area contributed by atoms with E-state index in [4.69, 9.17) is 9.47 Å². The zero-order chi connectivity index (χ0) is 22.9. The average molecular weight is 475 g/mol. The van der Waals surface area contributed by atoms with Crippen molar-refractivity contribution < 1.29 is 14.3 Å². The minimum atomic E-state index is -0.172. The SMILES string of the molecule is CCCCC1CN(c2ccccc2)c2cc(OC)c(CSCC(=O)OCC)cc2SN1C. The van der Waals surface area contributed by atoms with Crippen LogP contribution in [0, 0.1) is 0 Å². The van der Waals surface area contributed by atoms with E-state index in [1.807, 2.05) is 6.92 Å². The molecule has 5 nitrogen and oxygen atoms in total. The lowest BCUT2D eigenvalue weighted by Gasteiger charge is -2.30. The van der Waals surface area contributed by atoms with Gasteiger partial charge in [-0.1, -0.05) is 38.0 Å². The number of para-hydroxylation sites is 1. The molecule has 1 aliphatic heterocycles. The quantitative estimate of drug-likeness (QED) is 0.303. The van der Waals surface area contributed by atoms with Crippen molar-refractivity contribution in [1.29, 1.82) is 0 Å². The van der Waals surface area contributed by atoms with Gasteiger partial charge in [0.25, 0.3) is 0 Å². The Balaban J connectivity index is 1.93. The lowest BCUT2D eigenvalue weighted by molar-refractivity contribution is -0.139. The number of fused-ring (bicyclic) bond motifs is 1. The summed E-state index contributed by atoms with van der Waals surface area (Å²) in [5.41, 5.74) is 3.46. The van der Waals surface area contributed by atoms with Gasteiger partial charge in [0.2, 0.25) is 0 Å².